The number of hydrogen-bond acceptors (Lipinski definition) is 2. The summed E-state index contributed by atoms with van der Waals surface area (Å²) < 4.78 is 34.3. The highest BCUT2D eigenvalue weighted by atomic mass is 16.3. The molecule has 0 saturated heterocycles. The van der Waals surface area contributed by atoms with E-state index in [0.717, 1.165) is 128 Å². The molecule has 1 heterocycles. The summed E-state index contributed by atoms with van der Waals surface area (Å²) in [5.41, 5.74) is 24.4. The van der Waals surface area contributed by atoms with E-state index in [-0.39, 0.29) is 0 Å². The first-order valence-corrected chi connectivity index (χ1v) is 23.7. The van der Waals surface area contributed by atoms with Gasteiger partial charge >= 0.3 is 0 Å². The molecule has 2 nitrogen and oxygen atoms in total. The Balaban J connectivity index is 0.972. The molecule has 70 heavy (non-hydrogen) atoms. The molecule has 324 valence electrons. The molecule has 0 saturated carbocycles. The number of nitrogens with zero attached hydrogens (tertiary/aromatic N) is 1. The largest absolute Gasteiger partial charge is 0.455 e. The second-order valence-electron chi connectivity index (χ2n) is 18.3. The molecule has 0 amide bonds. The summed E-state index contributed by atoms with van der Waals surface area (Å²) in [7, 11) is 0. The number of nitriles is 1. The average molecular weight is 891 g/mol. The van der Waals surface area contributed by atoms with Gasteiger partial charge in [-0.05, 0) is 166 Å². The molecule has 14 rings (SSSR count). The van der Waals surface area contributed by atoms with E-state index in [1.165, 1.54) is 5.56 Å². The monoisotopic (exact) mass is 890 g/mol. The van der Waals surface area contributed by atoms with Crippen LogP contribution in [0.3, 0.4) is 0 Å². The molecule has 0 fully saturated rings. The fraction of sp³-hybridized carbons (Fsp3) is 0.0147. The van der Waals surface area contributed by atoms with Gasteiger partial charge in [0.25, 0.3) is 0 Å². The summed E-state index contributed by atoms with van der Waals surface area (Å²) in [6, 6.07) is 82.2. The van der Waals surface area contributed by atoms with Crippen molar-refractivity contribution in [1.29, 1.82) is 5.26 Å². The van der Waals surface area contributed by atoms with Gasteiger partial charge in [-0.3, -0.25) is 0 Å². The lowest BCUT2D eigenvalue weighted by molar-refractivity contribution is 0.670. The lowest BCUT2D eigenvalue weighted by atomic mass is 9.78. The number of rotatable bonds is 3. The van der Waals surface area contributed by atoms with E-state index < -0.39 is 6.85 Å². The van der Waals surface area contributed by atoms with Crippen molar-refractivity contribution >= 4 is 21.9 Å². The van der Waals surface area contributed by atoms with Gasteiger partial charge in [0, 0.05) is 20.4 Å². The van der Waals surface area contributed by atoms with E-state index in [2.05, 4.69) is 176 Å². The molecule has 0 N–H and O–H groups in total. The summed E-state index contributed by atoms with van der Waals surface area (Å²) in [5.74, 6) is 0. The van der Waals surface area contributed by atoms with Crippen LogP contribution < -0.4 is 0 Å². The molecule has 0 radical (unpaired) electrons. The fourth-order valence-corrected chi connectivity index (χ4v) is 11.4. The van der Waals surface area contributed by atoms with Crippen molar-refractivity contribution in [2.75, 3.05) is 0 Å². The van der Waals surface area contributed by atoms with Gasteiger partial charge < -0.3 is 4.42 Å². The van der Waals surface area contributed by atoms with E-state index in [1.807, 2.05) is 60.7 Å². The maximum Gasteiger partial charge on any atom is 0.143 e. The Morgan fingerprint density at radius 1 is 0.314 bits per heavy atom. The first kappa shape index (κ1) is 36.8. The zero-order valence-corrected chi connectivity index (χ0v) is 37.8. The van der Waals surface area contributed by atoms with Crippen molar-refractivity contribution in [1.82, 2.24) is 0 Å². The fourth-order valence-electron chi connectivity index (χ4n) is 11.4. The SMILES string of the molecule is [2H]C([2H])([2H])c1c(-c2ccc3c(c2)-c2ccccc2-c2ccccc2-c2ccccc2-3)cccc1-c1ccc2c(c1)-c1ccc(C#N)cc1-c1ccccc1-c1cc(-c3cccc4c3oc3ccccc34)ccc1-2. The second kappa shape index (κ2) is 15.6. The van der Waals surface area contributed by atoms with Crippen molar-refractivity contribution in [3.8, 4) is 128 Å². The second-order valence-corrected chi connectivity index (χ2v) is 18.3. The minimum absolute atomic E-state index is 0.292. The minimum Gasteiger partial charge on any atom is -0.455 e. The Morgan fingerprint density at radius 2 is 0.657 bits per heavy atom. The standard InChI is InChI=1S/C68H41NO/c1-41-46(43-29-33-57-53-18-5-4-16-51(53)49-14-2-3-15-50(49)52-17-6-7-19-54(52)64(57)37-43)23-12-24-47(41)44-30-34-59-58-35-31-45(48-25-13-26-62-61-22-10-11-27-67(61)70-68(48)62)39-65(58)56-21-9-8-20-55(56)63-36-42(40-69)28-32-60(63)66(59)38-44/h2-39H,1H3/i1D3. The molecule has 12 aromatic rings. The quantitative estimate of drug-likeness (QED) is 0.177. The van der Waals surface area contributed by atoms with Crippen molar-refractivity contribution in [2.45, 2.75) is 6.85 Å². The first-order chi connectivity index (χ1) is 35.8. The van der Waals surface area contributed by atoms with Crippen LogP contribution in [0, 0.1) is 18.2 Å². The van der Waals surface area contributed by atoms with Crippen LogP contribution in [0.1, 0.15) is 15.2 Å². The van der Waals surface area contributed by atoms with Gasteiger partial charge in [-0.25, -0.2) is 0 Å². The first-order valence-electron chi connectivity index (χ1n) is 25.2. The predicted octanol–water partition coefficient (Wildman–Crippen LogP) is 18.7. The number of fused-ring (bicyclic) bond motifs is 19. The Labute approximate surface area is 410 Å². The Bertz CT molecular complexity index is 4330. The van der Waals surface area contributed by atoms with Crippen LogP contribution in [0.4, 0.5) is 0 Å². The van der Waals surface area contributed by atoms with Crippen molar-refractivity contribution in [2.24, 2.45) is 0 Å². The molecule has 0 unspecified atom stereocenters. The van der Waals surface area contributed by atoms with Crippen LogP contribution in [0.15, 0.2) is 235 Å². The molecule has 11 aromatic carbocycles. The third kappa shape index (κ3) is 6.05. The van der Waals surface area contributed by atoms with Crippen molar-refractivity contribution in [3.63, 3.8) is 0 Å². The third-order valence-electron chi connectivity index (χ3n) is 14.6. The van der Waals surface area contributed by atoms with Gasteiger partial charge in [0.1, 0.15) is 11.2 Å². The van der Waals surface area contributed by atoms with Crippen LogP contribution in [0.25, 0.3) is 144 Å². The Hall–Kier alpha value is -9.29. The maximum atomic E-state index is 10.3. The number of para-hydroxylation sites is 2. The van der Waals surface area contributed by atoms with Gasteiger partial charge in [-0.2, -0.15) is 5.26 Å². The molecule has 0 aliphatic heterocycles. The normalized spacial score (nSPS) is 12.6. The van der Waals surface area contributed by atoms with E-state index in [4.69, 9.17) is 4.42 Å². The topological polar surface area (TPSA) is 36.9 Å². The Kier molecular flexibility index (Phi) is 8.22. The average Bonchev–Trinajstić information content (AvgIpc) is 3.82. The van der Waals surface area contributed by atoms with Crippen LogP contribution >= 0.6 is 0 Å². The number of hydrogen-bond donors (Lipinski definition) is 0. The zero-order valence-electron chi connectivity index (χ0n) is 40.8. The molecular weight excluding hydrogens is 847 g/mol. The van der Waals surface area contributed by atoms with Crippen molar-refractivity contribution < 1.29 is 8.53 Å². The van der Waals surface area contributed by atoms with Crippen LogP contribution in [-0.4, -0.2) is 0 Å². The molecule has 2 aliphatic rings. The number of furan rings is 1. The maximum absolute atomic E-state index is 10.3. The van der Waals surface area contributed by atoms with Crippen LogP contribution in [0.2, 0.25) is 0 Å². The molecule has 2 heteroatoms. The van der Waals surface area contributed by atoms with E-state index in [1.54, 1.807) is 0 Å². The molecule has 0 spiro atoms. The highest BCUT2D eigenvalue weighted by Crippen LogP contribution is 2.52. The Morgan fingerprint density at radius 3 is 1.14 bits per heavy atom. The van der Waals surface area contributed by atoms with Crippen molar-refractivity contribution in [3.05, 3.63) is 242 Å². The lowest BCUT2D eigenvalue weighted by Gasteiger charge is -2.25. The van der Waals surface area contributed by atoms with Gasteiger partial charge in [0.05, 0.1) is 11.6 Å². The van der Waals surface area contributed by atoms with Crippen LogP contribution in [-0.2, 0) is 0 Å². The van der Waals surface area contributed by atoms with E-state index in [0.29, 0.717) is 22.3 Å². The molecule has 2 aliphatic carbocycles. The zero-order chi connectivity index (χ0) is 49.0. The third-order valence-corrected chi connectivity index (χ3v) is 14.6. The minimum atomic E-state index is -2.48. The highest BCUT2D eigenvalue weighted by Gasteiger charge is 2.26. The molecule has 0 bridgehead atoms. The predicted molar refractivity (Wildman–Crippen MR) is 290 cm³/mol. The van der Waals surface area contributed by atoms with Gasteiger partial charge in [-0.1, -0.05) is 194 Å². The van der Waals surface area contributed by atoms with Gasteiger partial charge in [-0.15, -0.1) is 0 Å². The lowest BCUT2D eigenvalue weighted by Crippen LogP contribution is -1.99. The summed E-state index contributed by atoms with van der Waals surface area (Å²) in [4.78, 5) is 0. The van der Waals surface area contributed by atoms with E-state index >= 15 is 0 Å². The van der Waals surface area contributed by atoms with Gasteiger partial charge in [0.2, 0.25) is 0 Å². The van der Waals surface area contributed by atoms with Gasteiger partial charge in [0.15, 0.2) is 0 Å². The molecule has 1 aromatic heterocycles. The number of benzene rings is 11. The van der Waals surface area contributed by atoms with Crippen LogP contribution in [0.5, 0.6) is 0 Å². The van der Waals surface area contributed by atoms with E-state index in [9.17, 15) is 9.37 Å². The molecular formula is C68H41NO. The molecule has 0 atom stereocenters. The summed E-state index contributed by atoms with van der Waals surface area (Å²) in [6.45, 7) is -2.48. The summed E-state index contributed by atoms with van der Waals surface area (Å²) in [5, 5.41) is 12.4. The summed E-state index contributed by atoms with van der Waals surface area (Å²) >= 11 is 0. The smallest absolute Gasteiger partial charge is 0.143 e. The highest BCUT2D eigenvalue weighted by molar-refractivity contribution is 6.11. The summed E-state index contributed by atoms with van der Waals surface area (Å²) in [6.07, 6.45) is 0.